The summed E-state index contributed by atoms with van der Waals surface area (Å²) < 4.78 is 5.27. The van der Waals surface area contributed by atoms with Gasteiger partial charge in [0, 0.05) is 12.0 Å². The maximum atomic E-state index is 12.9. The summed E-state index contributed by atoms with van der Waals surface area (Å²) >= 11 is 1.64. The van der Waals surface area contributed by atoms with Gasteiger partial charge in [-0.25, -0.2) is 0 Å². The van der Waals surface area contributed by atoms with E-state index in [4.69, 9.17) is 4.74 Å². The summed E-state index contributed by atoms with van der Waals surface area (Å²) in [5.74, 6) is 0.767. The second-order valence-corrected chi connectivity index (χ2v) is 8.46. The number of carbonyl (C=O) groups is 2. The first-order valence-electron chi connectivity index (χ1n) is 9.65. The van der Waals surface area contributed by atoms with Crippen LogP contribution in [-0.2, 0) is 10.2 Å². The molecule has 0 aliphatic rings. The Hall–Kier alpha value is -2.47. The van der Waals surface area contributed by atoms with Crippen molar-refractivity contribution in [1.29, 1.82) is 0 Å². The van der Waals surface area contributed by atoms with Crippen molar-refractivity contribution in [3.05, 3.63) is 65.7 Å². The zero-order valence-electron chi connectivity index (χ0n) is 17.5. The van der Waals surface area contributed by atoms with Crippen molar-refractivity contribution >= 4 is 23.6 Å². The van der Waals surface area contributed by atoms with Crippen LogP contribution in [0.25, 0.3) is 0 Å². The lowest BCUT2D eigenvalue weighted by atomic mass is 9.84. The molecule has 1 atom stereocenters. The Labute approximate surface area is 177 Å². The minimum Gasteiger partial charge on any atom is -0.496 e. The molecule has 0 saturated heterocycles. The number of rotatable bonds is 10. The monoisotopic (exact) mass is 414 g/mol. The smallest absolute Gasteiger partial charge is 0.255 e. The molecule has 2 rings (SSSR count). The SMILES string of the molecule is COc1ccccc1C(=O)NC(CCSC)C(=O)NCC(C)(C)c1ccccc1. The number of hydrogen-bond acceptors (Lipinski definition) is 4. The van der Waals surface area contributed by atoms with Crippen LogP contribution in [0, 0.1) is 0 Å². The van der Waals surface area contributed by atoms with Crippen LogP contribution in [0.5, 0.6) is 5.75 Å². The highest BCUT2D eigenvalue weighted by Crippen LogP contribution is 2.22. The fourth-order valence-electron chi connectivity index (χ4n) is 3.00. The van der Waals surface area contributed by atoms with Gasteiger partial charge in [-0.15, -0.1) is 0 Å². The van der Waals surface area contributed by atoms with Gasteiger partial charge in [0.05, 0.1) is 12.7 Å². The predicted molar refractivity (Wildman–Crippen MR) is 120 cm³/mol. The van der Waals surface area contributed by atoms with Crippen LogP contribution < -0.4 is 15.4 Å². The number of ether oxygens (including phenoxy) is 1. The van der Waals surface area contributed by atoms with E-state index in [1.54, 1.807) is 36.0 Å². The van der Waals surface area contributed by atoms with E-state index < -0.39 is 6.04 Å². The highest BCUT2D eigenvalue weighted by Gasteiger charge is 2.26. The molecule has 0 fully saturated rings. The highest BCUT2D eigenvalue weighted by molar-refractivity contribution is 7.98. The Morgan fingerprint density at radius 3 is 2.38 bits per heavy atom. The van der Waals surface area contributed by atoms with Crippen molar-refractivity contribution in [2.45, 2.75) is 31.7 Å². The van der Waals surface area contributed by atoms with Crippen LogP contribution in [-0.4, -0.2) is 43.5 Å². The Kier molecular flexibility index (Phi) is 8.58. The molecule has 0 radical (unpaired) electrons. The van der Waals surface area contributed by atoms with E-state index in [0.29, 0.717) is 24.3 Å². The average Bonchev–Trinajstić information content (AvgIpc) is 2.75. The van der Waals surface area contributed by atoms with Gasteiger partial charge in [0.15, 0.2) is 0 Å². The predicted octanol–water partition coefficient (Wildman–Crippen LogP) is 3.64. The third kappa shape index (κ3) is 6.53. The standard InChI is InChI=1S/C23H30N2O3S/c1-23(2,17-10-6-5-7-11-17)16-24-22(27)19(14-15-29-4)25-21(26)18-12-8-9-13-20(18)28-3/h5-13,19H,14-16H2,1-4H3,(H,24,27)(H,25,26). The summed E-state index contributed by atoms with van der Waals surface area (Å²) in [7, 11) is 1.52. The van der Waals surface area contributed by atoms with Gasteiger partial charge in [-0.2, -0.15) is 11.8 Å². The number of benzene rings is 2. The second kappa shape index (κ2) is 10.9. The first kappa shape index (κ1) is 22.8. The lowest BCUT2D eigenvalue weighted by Gasteiger charge is -2.27. The molecule has 0 heterocycles. The number of hydrogen-bond donors (Lipinski definition) is 2. The Bertz CT molecular complexity index is 809. The van der Waals surface area contributed by atoms with E-state index in [9.17, 15) is 9.59 Å². The zero-order chi connectivity index (χ0) is 21.3. The van der Waals surface area contributed by atoms with Crippen molar-refractivity contribution in [3.63, 3.8) is 0 Å². The average molecular weight is 415 g/mol. The van der Waals surface area contributed by atoms with Gasteiger partial charge in [0.1, 0.15) is 11.8 Å². The summed E-state index contributed by atoms with van der Waals surface area (Å²) in [6, 6.07) is 16.5. The molecule has 0 aliphatic carbocycles. The molecule has 6 heteroatoms. The van der Waals surface area contributed by atoms with E-state index in [1.807, 2.05) is 24.5 Å². The minimum absolute atomic E-state index is 0.175. The van der Waals surface area contributed by atoms with Crippen molar-refractivity contribution in [2.75, 3.05) is 25.7 Å². The van der Waals surface area contributed by atoms with Gasteiger partial charge in [-0.1, -0.05) is 56.3 Å². The lowest BCUT2D eigenvalue weighted by Crippen LogP contribution is -2.49. The highest BCUT2D eigenvalue weighted by atomic mass is 32.2. The first-order valence-corrected chi connectivity index (χ1v) is 11.0. The summed E-state index contributed by atoms with van der Waals surface area (Å²) in [4.78, 5) is 25.6. The third-order valence-electron chi connectivity index (χ3n) is 4.84. The summed E-state index contributed by atoms with van der Waals surface area (Å²) in [5, 5.41) is 5.90. The van der Waals surface area contributed by atoms with Gasteiger partial charge >= 0.3 is 0 Å². The molecule has 2 aromatic carbocycles. The van der Waals surface area contributed by atoms with Gasteiger partial charge in [-0.05, 0) is 36.1 Å². The number of nitrogens with one attached hydrogen (secondary N) is 2. The van der Waals surface area contributed by atoms with Gasteiger partial charge in [0.25, 0.3) is 5.91 Å². The molecule has 2 amide bonds. The molecule has 0 saturated carbocycles. The van der Waals surface area contributed by atoms with E-state index in [-0.39, 0.29) is 17.2 Å². The van der Waals surface area contributed by atoms with Crippen LogP contribution in [0.15, 0.2) is 54.6 Å². The Morgan fingerprint density at radius 1 is 1.07 bits per heavy atom. The number of para-hydroxylation sites is 1. The molecule has 0 spiro atoms. The van der Waals surface area contributed by atoms with Crippen LogP contribution in [0.1, 0.15) is 36.2 Å². The van der Waals surface area contributed by atoms with Gasteiger partial charge in [0.2, 0.25) is 5.91 Å². The number of carbonyl (C=O) groups excluding carboxylic acids is 2. The fraction of sp³-hybridized carbons (Fsp3) is 0.391. The van der Waals surface area contributed by atoms with Crippen molar-refractivity contribution in [3.8, 4) is 5.75 Å². The molecule has 0 aliphatic heterocycles. The molecule has 0 bridgehead atoms. The maximum Gasteiger partial charge on any atom is 0.255 e. The molecular formula is C23H30N2O3S. The molecule has 0 aromatic heterocycles. The Morgan fingerprint density at radius 2 is 1.72 bits per heavy atom. The number of methoxy groups -OCH3 is 1. The molecule has 2 N–H and O–H groups in total. The Balaban J connectivity index is 2.06. The molecule has 29 heavy (non-hydrogen) atoms. The van der Waals surface area contributed by atoms with Crippen molar-refractivity contribution in [2.24, 2.45) is 0 Å². The molecule has 2 aromatic rings. The van der Waals surface area contributed by atoms with E-state index >= 15 is 0 Å². The zero-order valence-corrected chi connectivity index (χ0v) is 18.3. The molecule has 156 valence electrons. The quantitative estimate of drug-likeness (QED) is 0.623. The van der Waals surface area contributed by atoms with Gasteiger partial charge < -0.3 is 15.4 Å². The van der Waals surface area contributed by atoms with Gasteiger partial charge in [-0.3, -0.25) is 9.59 Å². The fourth-order valence-corrected chi connectivity index (χ4v) is 3.47. The summed E-state index contributed by atoms with van der Waals surface area (Å²) in [6.07, 6.45) is 2.54. The molecule has 5 nitrogen and oxygen atoms in total. The lowest BCUT2D eigenvalue weighted by molar-refractivity contribution is -0.123. The van der Waals surface area contributed by atoms with E-state index in [2.05, 4.69) is 36.6 Å². The molecule has 1 unspecified atom stereocenters. The van der Waals surface area contributed by atoms with Crippen LogP contribution in [0.3, 0.4) is 0 Å². The third-order valence-corrected chi connectivity index (χ3v) is 5.49. The maximum absolute atomic E-state index is 12.9. The van der Waals surface area contributed by atoms with Crippen LogP contribution in [0.2, 0.25) is 0 Å². The van der Waals surface area contributed by atoms with E-state index in [1.165, 1.54) is 7.11 Å². The normalized spacial score (nSPS) is 12.1. The first-order chi connectivity index (χ1) is 13.9. The number of amides is 2. The van der Waals surface area contributed by atoms with Crippen LogP contribution in [0.4, 0.5) is 0 Å². The van der Waals surface area contributed by atoms with Crippen LogP contribution >= 0.6 is 11.8 Å². The molecular weight excluding hydrogens is 384 g/mol. The van der Waals surface area contributed by atoms with E-state index in [0.717, 1.165) is 11.3 Å². The second-order valence-electron chi connectivity index (χ2n) is 7.48. The largest absolute Gasteiger partial charge is 0.496 e. The summed E-state index contributed by atoms with van der Waals surface area (Å²) in [6.45, 7) is 4.66. The minimum atomic E-state index is -0.605. The topological polar surface area (TPSA) is 67.4 Å². The summed E-state index contributed by atoms with van der Waals surface area (Å²) in [5.41, 5.74) is 1.36. The van der Waals surface area contributed by atoms with Crippen molar-refractivity contribution < 1.29 is 14.3 Å². The van der Waals surface area contributed by atoms with Crippen molar-refractivity contribution in [1.82, 2.24) is 10.6 Å². The number of thioether (sulfide) groups is 1.